The highest BCUT2D eigenvalue weighted by molar-refractivity contribution is 6.39. The molecule has 10 nitrogen and oxygen atoms in total. The molecule has 0 saturated carbocycles. The highest BCUT2D eigenvalue weighted by Crippen LogP contribution is 2.32. The van der Waals surface area contributed by atoms with Crippen molar-refractivity contribution in [1.29, 1.82) is 0 Å². The predicted molar refractivity (Wildman–Crippen MR) is 133 cm³/mol. The lowest BCUT2D eigenvalue weighted by Crippen LogP contribution is -2.54. The zero-order valence-corrected chi connectivity index (χ0v) is 20.2. The van der Waals surface area contributed by atoms with Crippen molar-refractivity contribution in [3.63, 3.8) is 0 Å². The van der Waals surface area contributed by atoms with Gasteiger partial charge in [-0.15, -0.1) is 0 Å². The Morgan fingerprint density at radius 1 is 1.06 bits per heavy atom. The lowest BCUT2D eigenvalue weighted by atomic mass is 10.1. The van der Waals surface area contributed by atoms with E-state index in [-0.39, 0.29) is 11.3 Å². The fourth-order valence-corrected chi connectivity index (χ4v) is 4.20. The third kappa shape index (κ3) is 4.24. The number of amides is 4. The van der Waals surface area contributed by atoms with Crippen LogP contribution in [0.5, 0.6) is 5.75 Å². The number of ether oxygens (including phenoxy) is 1. The Morgan fingerprint density at radius 2 is 1.75 bits per heavy atom. The fourth-order valence-electron chi connectivity index (χ4n) is 4.20. The van der Waals surface area contributed by atoms with Crippen molar-refractivity contribution in [2.24, 2.45) is 0 Å². The summed E-state index contributed by atoms with van der Waals surface area (Å²) in [6, 6.07) is 12.2. The summed E-state index contributed by atoms with van der Waals surface area (Å²) < 4.78 is 7.19. The SMILES string of the molecule is CCc1ccc(N2C(=O)NC(=O)C(=Cc3cc(C)n(-c4ccc([N+](=O)[O-])cc4OC)c3C)C2=O)cc1. The third-order valence-corrected chi connectivity index (χ3v) is 6.09. The Balaban J connectivity index is 1.76. The molecule has 1 aliphatic rings. The van der Waals surface area contributed by atoms with Crippen molar-refractivity contribution in [3.05, 3.63) is 86.7 Å². The summed E-state index contributed by atoms with van der Waals surface area (Å²) in [6.07, 6.45) is 2.24. The molecule has 2 heterocycles. The second-order valence-electron chi connectivity index (χ2n) is 8.25. The molecule has 4 rings (SSSR count). The van der Waals surface area contributed by atoms with Gasteiger partial charge in [0, 0.05) is 17.5 Å². The van der Waals surface area contributed by atoms with Gasteiger partial charge in [0.15, 0.2) is 0 Å². The topological polar surface area (TPSA) is 124 Å². The average molecular weight is 489 g/mol. The largest absolute Gasteiger partial charge is 0.494 e. The van der Waals surface area contributed by atoms with Gasteiger partial charge in [-0.25, -0.2) is 9.69 Å². The van der Waals surface area contributed by atoms with E-state index in [2.05, 4.69) is 5.32 Å². The smallest absolute Gasteiger partial charge is 0.335 e. The second kappa shape index (κ2) is 9.49. The van der Waals surface area contributed by atoms with E-state index >= 15 is 0 Å². The van der Waals surface area contributed by atoms with Gasteiger partial charge in [0.25, 0.3) is 17.5 Å². The number of hydrogen-bond acceptors (Lipinski definition) is 6. The van der Waals surface area contributed by atoms with Crippen molar-refractivity contribution in [2.45, 2.75) is 27.2 Å². The van der Waals surface area contributed by atoms with Crippen LogP contribution in [-0.2, 0) is 16.0 Å². The lowest BCUT2D eigenvalue weighted by Gasteiger charge is -2.26. The number of anilines is 1. The van der Waals surface area contributed by atoms with Crippen LogP contribution in [0.1, 0.15) is 29.4 Å². The average Bonchev–Trinajstić information content (AvgIpc) is 3.13. The number of carbonyl (C=O) groups excluding carboxylic acids is 3. The van der Waals surface area contributed by atoms with E-state index < -0.39 is 22.8 Å². The zero-order chi connectivity index (χ0) is 26.1. The molecule has 0 bridgehead atoms. The third-order valence-electron chi connectivity index (χ3n) is 6.09. The Hall–Kier alpha value is -4.73. The second-order valence-corrected chi connectivity index (χ2v) is 8.25. The van der Waals surface area contributed by atoms with Gasteiger partial charge in [-0.2, -0.15) is 0 Å². The molecule has 2 aromatic carbocycles. The first-order valence-electron chi connectivity index (χ1n) is 11.2. The summed E-state index contributed by atoms with van der Waals surface area (Å²) in [5.74, 6) is -1.22. The summed E-state index contributed by atoms with van der Waals surface area (Å²) in [7, 11) is 1.42. The highest BCUT2D eigenvalue weighted by atomic mass is 16.6. The molecule has 0 unspecified atom stereocenters. The molecule has 0 spiro atoms. The number of non-ortho nitro benzene ring substituents is 1. The number of nitrogens with one attached hydrogen (secondary N) is 1. The maximum absolute atomic E-state index is 13.3. The first kappa shape index (κ1) is 24.4. The van der Waals surface area contributed by atoms with Crippen LogP contribution in [0.15, 0.2) is 54.1 Å². The van der Waals surface area contributed by atoms with Crippen LogP contribution in [0, 0.1) is 24.0 Å². The lowest BCUT2D eigenvalue weighted by molar-refractivity contribution is -0.384. The maximum Gasteiger partial charge on any atom is 0.335 e. The standard InChI is InChI=1S/C26H24N4O6/c1-5-17-6-8-19(9-7-17)29-25(32)21(24(31)27-26(29)33)13-18-12-15(2)28(16(18)3)22-11-10-20(30(34)35)14-23(22)36-4/h6-14H,5H2,1-4H3,(H,27,31,33). The molecule has 1 fully saturated rings. The van der Waals surface area contributed by atoms with Crippen molar-refractivity contribution in [3.8, 4) is 11.4 Å². The van der Waals surface area contributed by atoms with E-state index in [1.54, 1.807) is 31.2 Å². The molecular weight excluding hydrogens is 464 g/mol. The van der Waals surface area contributed by atoms with Crippen LogP contribution in [0.25, 0.3) is 11.8 Å². The van der Waals surface area contributed by atoms with Crippen LogP contribution in [-0.4, -0.2) is 34.4 Å². The minimum Gasteiger partial charge on any atom is -0.494 e. The molecule has 36 heavy (non-hydrogen) atoms. The zero-order valence-electron chi connectivity index (χ0n) is 20.2. The highest BCUT2D eigenvalue weighted by Gasteiger charge is 2.37. The molecule has 184 valence electrons. The van der Waals surface area contributed by atoms with Crippen molar-refractivity contribution in [1.82, 2.24) is 9.88 Å². The fraction of sp³-hybridized carbons (Fsp3) is 0.192. The number of urea groups is 1. The van der Waals surface area contributed by atoms with Crippen LogP contribution >= 0.6 is 0 Å². The number of imide groups is 2. The Labute approximate surface area is 206 Å². The van der Waals surface area contributed by atoms with Gasteiger partial charge in [0.1, 0.15) is 11.3 Å². The van der Waals surface area contributed by atoms with Crippen molar-refractivity contribution in [2.75, 3.05) is 12.0 Å². The minimum atomic E-state index is -0.813. The number of aromatic nitrogens is 1. The van der Waals surface area contributed by atoms with Crippen molar-refractivity contribution < 1.29 is 24.0 Å². The molecule has 1 aromatic heterocycles. The van der Waals surface area contributed by atoms with Crippen LogP contribution < -0.4 is 15.0 Å². The maximum atomic E-state index is 13.3. The number of carbonyl (C=O) groups is 3. The predicted octanol–water partition coefficient (Wildman–Crippen LogP) is 4.24. The molecule has 10 heteroatoms. The molecular formula is C26H24N4O6. The quantitative estimate of drug-likeness (QED) is 0.240. The van der Waals surface area contributed by atoms with Gasteiger partial charge in [-0.1, -0.05) is 19.1 Å². The molecule has 0 radical (unpaired) electrons. The first-order valence-corrected chi connectivity index (χ1v) is 11.2. The molecule has 0 aliphatic carbocycles. The van der Waals surface area contributed by atoms with Gasteiger partial charge < -0.3 is 9.30 Å². The monoisotopic (exact) mass is 488 g/mol. The summed E-state index contributed by atoms with van der Waals surface area (Å²) in [5.41, 5.74) is 3.66. The van der Waals surface area contributed by atoms with Crippen LogP contribution in [0.3, 0.4) is 0 Å². The first-order chi connectivity index (χ1) is 17.2. The molecule has 0 atom stereocenters. The number of hydrogen-bond donors (Lipinski definition) is 1. The van der Waals surface area contributed by atoms with Gasteiger partial charge in [0.2, 0.25) is 0 Å². The molecule has 3 aromatic rings. The minimum absolute atomic E-state index is 0.110. The molecule has 1 saturated heterocycles. The van der Waals surface area contributed by atoms with E-state index in [1.807, 2.05) is 30.5 Å². The molecule has 1 N–H and O–H groups in total. The van der Waals surface area contributed by atoms with E-state index in [9.17, 15) is 24.5 Å². The normalized spacial score (nSPS) is 14.8. The Morgan fingerprint density at radius 3 is 2.36 bits per heavy atom. The molecule has 4 amide bonds. The number of nitrogens with zero attached hydrogens (tertiary/aromatic N) is 3. The number of methoxy groups -OCH3 is 1. The Bertz CT molecular complexity index is 1440. The van der Waals surface area contributed by atoms with Gasteiger partial charge in [-0.3, -0.25) is 25.0 Å². The van der Waals surface area contributed by atoms with Crippen molar-refractivity contribution >= 4 is 35.3 Å². The molecule has 1 aliphatic heterocycles. The van der Waals surface area contributed by atoms with E-state index in [4.69, 9.17) is 4.74 Å². The van der Waals surface area contributed by atoms with Crippen LogP contribution in [0.2, 0.25) is 0 Å². The van der Waals surface area contributed by atoms with E-state index in [1.165, 1.54) is 25.3 Å². The Kier molecular flexibility index (Phi) is 6.43. The van der Waals surface area contributed by atoms with Crippen LogP contribution in [0.4, 0.5) is 16.2 Å². The summed E-state index contributed by atoms with van der Waals surface area (Å²) in [5, 5.41) is 13.4. The number of benzene rings is 2. The van der Waals surface area contributed by atoms with Gasteiger partial charge in [-0.05, 0) is 61.7 Å². The van der Waals surface area contributed by atoms with E-state index in [0.717, 1.165) is 22.6 Å². The number of nitro groups is 1. The number of barbiturate groups is 1. The van der Waals surface area contributed by atoms with Gasteiger partial charge >= 0.3 is 6.03 Å². The van der Waals surface area contributed by atoms with E-state index in [0.29, 0.717) is 28.4 Å². The summed E-state index contributed by atoms with van der Waals surface area (Å²) >= 11 is 0. The number of aryl methyl sites for hydroxylation is 2. The summed E-state index contributed by atoms with van der Waals surface area (Å²) in [6.45, 7) is 5.61. The summed E-state index contributed by atoms with van der Waals surface area (Å²) in [4.78, 5) is 50.0. The van der Waals surface area contributed by atoms with Gasteiger partial charge in [0.05, 0.1) is 29.5 Å². The number of nitro benzene ring substituents is 1. The number of rotatable bonds is 6.